The normalized spacial score (nSPS) is 10.1. The third-order valence-electron chi connectivity index (χ3n) is 1.49. The van der Waals surface area contributed by atoms with Gasteiger partial charge >= 0.3 is 0 Å². The molecule has 2 aromatic heterocycles. The van der Waals surface area contributed by atoms with Crippen molar-refractivity contribution in [2.45, 2.75) is 0 Å². The zero-order chi connectivity index (χ0) is 8.39. The van der Waals surface area contributed by atoms with Crippen LogP contribution in [-0.4, -0.2) is 9.78 Å². The molecule has 62 valence electrons. The van der Waals surface area contributed by atoms with Gasteiger partial charge in [-0.25, -0.2) is 0 Å². The van der Waals surface area contributed by atoms with E-state index < -0.39 is 0 Å². The van der Waals surface area contributed by atoms with E-state index in [2.05, 4.69) is 10.4 Å². The van der Waals surface area contributed by atoms with Gasteiger partial charge in [0.1, 0.15) is 0 Å². The lowest BCUT2D eigenvalue weighted by molar-refractivity contribution is 0.771. The minimum absolute atomic E-state index is 0.889. The summed E-state index contributed by atoms with van der Waals surface area (Å²) in [5.41, 5.74) is 0. The molecule has 0 atom stereocenters. The van der Waals surface area contributed by atoms with Crippen molar-refractivity contribution in [3.63, 3.8) is 0 Å². The van der Waals surface area contributed by atoms with Gasteiger partial charge < -0.3 is 5.32 Å². The average Bonchev–Trinajstić information content (AvgIpc) is 2.63. The van der Waals surface area contributed by atoms with Crippen molar-refractivity contribution in [2.24, 2.45) is 7.05 Å². The molecule has 0 saturated carbocycles. The lowest BCUT2D eigenvalue weighted by Crippen LogP contribution is -1.91. The van der Waals surface area contributed by atoms with Crippen LogP contribution >= 0.6 is 11.3 Å². The third-order valence-corrected chi connectivity index (χ3v) is 2.27. The first-order valence-corrected chi connectivity index (χ1v) is 4.53. The molecule has 0 spiro atoms. The number of hydrogen-bond acceptors (Lipinski definition) is 3. The second-order valence-corrected chi connectivity index (χ2v) is 3.42. The molecule has 2 rings (SSSR count). The summed E-state index contributed by atoms with van der Waals surface area (Å²) in [6, 6.07) is 5.98. The van der Waals surface area contributed by atoms with Gasteiger partial charge in [-0.15, -0.1) is 11.3 Å². The Labute approximate surface area is 74.7 Å². The summed E-state index contributed by atoms with van der Waals surface area (Å²) in [5, 5.41) is 10.5. The van der Waals surface area contributed by atoms with Gasteiger partial charge in [-0.2, -0.15) is 5.10 Å². The molecular formula is C8H9N3S. The van der Waals surface area contributed by atoms with Gasteiger partial charge in [-0.05, 0) is 17.5 Å². The molecular weight excluding hydrogens is 170 g/mol. The molecule has 0 fully saturated rings. The van der Waals surface area contributed by atoms with Crippen LogP contribution in [0.5, 0.6) is 0 Å². The number of nitrogens with zero attached hydrogens (tertiary/aromatic N) is 2. The Bertz CT molecular complexity index is 350. The molecule has 0 saturated heterocycles. The molecule has 1 N–H and O–H groups in total. The van der Waals surface area contributed by atoms with Crippen LogP contribution < -0.4 is 5.32 Å². The predicted octanol–water partition coefficient (Wildman–Crippen LogP) is 2.23. The Hall–Kier alpha value is -1.29. The summed E-state index contributed by atoms with van der Waals surface area (Å²) in [4.78, 5) is 0. The predicted molar refractivity (Wildman–Crippen MR) is 50.8 cm³/mol. The summed E-state index contributed by atoms with van der Waals surface area (Å²) in [6.07, 6.45) is 1.91. The number of rotatable bonds is 2. The van der Waals surface area contributed by atoms with Crippen LogP contribution in [-0.2, 0) is 7.05 Å². The van der Waals surface area contributed by atoms with E-state index in [1.807, 2.05) is 36.8 Å². The fraction of sp³-hybridized carbons (Fsp3) is 0.125. The van der Waals surface area contributed by atoms with Crippen LogP contribution in [0.2, 0.25) is 0 Å². The second kappa shape index (κ2) is 2.98. The Morgan fingerprint density at radius 3 is 3.00 bits per heavy atom. The molecule has 3 nitrogen and oxygen atoms in total. The van der Waals surface area contributed by atoms with Crippen LogP contribution in [0.1, 0.15) is 0 Å². The molecule has 0 radical (unpaired) electrons. The molecule has 0 bridgehead atoms. The van der Waals surface area contributed by atoms with Gasteiger partial charge in [-0.3, -0.25) is 4.68 Å². The summed E-state index contributed by atoms with van der Waals surface area (Å²) in [7, 11) is 1.90. The van der Waals surface area contributed by atoms with Crippen molar-refractivity contribution in [3.05, 3.63) is 29.8 Å². The molecule has 0 aliphatic heterocycles. The van der Waals surface area contributed by atoms with E-state index in [9.17, 15) is 0 Å². The van der Waals surface area contributed by atoms with Crippen molar-refractivity contribution in [2.75, 3.05) is 5.32 Å². The van der Waals surface area contributed by atoms with E-state index >= 15 is 0 Å². The van der Waals surface area contributed by atoms with Gasteiger partial charge in [-0.1, -0.05) is 0 Å². The molecule has 0 aliphatic rings. The van der Waals surface area contributed by atoms with Crippen molar-refractivity contribution >= 4 is 22.2 Å². The SMILES string of the molecule is Cn1ccc(Nc2cccs2)n1. The molecule has 12 heavy (non-hydrogen) atoms. The third kappa shape index (κ3) is 1.48. The topological polar surface area (TPSA) is 29.9 Å². The number of aromatic nitrogens is 2. The molecule has 0 amide bonds. The Morgan fingerprint density at radius 1 is 1.50 bits per heavy atom. The summed E-state index contributed by atoms with van der Waals surface area (Å²) < 4.78 is 1.77. The maximum absolute atomic E-state index is 4.20. The van der Waals surface area contributed by atoms with Crippen LogP contribution in [0.15, 0.2) is 29.8 Å². The first-order chi connectivity index (χ1) is 5.84. The summed E-state index contributed by atoms with van der Waals surface area (Å²) in [5.74, 6) is 0.889. The van der Waals surface area contributed by atoms with Crippen LogP contribution in [0.3, 0.4) is 0 Å². The van der Waals surface area contributed by atoms with E-state index in [0.717, 1.165) is 10.8 Å². The van der Waals surface area contributed by atoms with Gasteiger partial charge in [0, 0.05) is 19.3 Å². The highest BCUT2D eigenvalue weighted by atomic mass is 32.1. The van der Waals surface area contributed by atoms with E-state index in [-0.39, 0.29) is 0 Å². The molecule has 0 unspecified atom stereocenters. The van der Waals surface area contributed by atoms with E-state index in [0.29, 0.717) is 0 Å². The lowest BCUT2D eigenvalue weighted by Gasteiger charge is -1.95. The van der Waals surface area contributed by atoms with Crippen LogP contribution in [0, 0.1) is 0 Å². The molecule has 2 heterocycles. The average molecular weight is 179 g/mol. The summed E-state index contributed by atoms with van der Waals surface area (Å²) in [6.45, 7) is 0. The quantitative estimate of drug-likeness (QED) is 0.766. The number of thiophene rings is 1. The Morgan fingerprint density at radius 2 is 2.42 bits per heavy atom. The zero-order valence-corrected chi connectivity index (χ0v) is 7.51. The highest BCUT2D eigenvalue weighted by Gasteiger charge is 1.96. The molecule has 0 aromatic carbocycles. The Kier molecular flexibility index (Phi) is 1.83. The van der Waals surface area contributed by atoms with Gasteiger partial charge in [0.25, 0.3) is 0 Å². The minimum atomic E-state index is 0.889. The maximum atomic E-state index is 4.20. The molecule has 2 aromatic rings. The van der Waals surface area contributed by atoms with E-state index in [1.54, 1.807) is 16.0 Å². The zero-order valence-electron chi connectivity index (χ0n) is 6.69. The monoisotopic (exact) mass is 179 g/mol. The fourth-order valence-corrected chi connectivity index (χ4v) is 1.58. The van der Waals surface area contributed by atoms with E-state index in [1.165, 1.54) is 0 Å². The van der Waals surface area contributed by atoms with Gasteiger partial charge in [0.15, 0.2) is 5.82 Å². The van der Waals surface area contributed by atoms with Crippen molar-refractivity contribution in [1.29, 1.82) is 0 Å². The maximum Gasteiger partial charge on any atom is 0.152 e. The van der Waals surface area contributed by atoms with Gasteiger partial charge in [0.2, 0.25) is 0 Å². The number of anilines is 2. The molecule has 0 aliphatic carbocycles. The molecule has 4 heteroatoms. The highest BCUT2D eigenvalue weighted by Crippen LogP contribution is 2.19. The van der Waals surface area contributed by atoms with E-state index in [4.69, 9.17) is 0 Å². The largest absolute Gasteiger partial charge is 0.330 e. The summed E-state index contributed by atoms with van der Waals surface area (Å²) >= 11 is 1.67. The number of aryl methyl sites for hydroxylation is 1. The highest BCUT2D eigenvalue weighted by molar-refractivity contribution is 7.14. The van der Waals surface area contributed by atoms with Crippen molar-refractivity contribution < 1.29 is 0 Å². The first-order valence-electron chi connectivity index (χ1n) is 3.65. The standard InChI is InChI=1S/C8H9N3S/c1-11-5-4-7(10-11)9-8-3-2-6-12-8/h2-6H,1H3,(H,9,10). The first kappa shape index (κ1) is 7.36. The van der Waals surface area contributed by atoms with Crippen molar-refractivity contribution in [1.82, 2.24) is 9.78 Å². The Balaban J connectivity index is 2.14. The van der Waals surface area contributed by atoms with Crippen LogP contribution in [0.4, 0.5) is 10.8 Å². The number of hydrogen-bond donors (Lipinski definition) is 1. The van der Waals surface area contributed by atoms with Crippen molar-refractivity contribution in [3.8, 4) is 0 Å². The smallest absolute Gasteiger partial charge is 0.152 e. The second-order valence-electron chi connectivity index (χ2n) is 2.48. The minimum Gasteiger partial charge on any atom is -0.330 e. The number of nitrogens with one attached hydrogen (secondary N) is 1. The van der Waals surface area contributed by atoms with Gasteiger partial charge in [0.05, 0.1) is 5.00 Å². The lowest BCUT2D eigenvalue weighted by atomic mass is 10.6. The fourth-order valence-electron chi connectivity index (χ4n) is 0.958. The van der Waals surface area contributed by atoms with Crippen LogP contribution in [0.25, 0.3) is 0 Å².